The van der Waals surface area contributed by atoms with Gasteiger partial charge in [-0.3, -0.25) is 4.84 Å². The lowest BCUT2D eigenvalue weighted by atomic mass is 10.5. The Kier molecular flexibility index (Phi) is 6.91. The zero-order valence-electron chi connectivity index (χ0n) is 6.96. The van der Waals surface area contributed by atoms with Crippen molar-refractivity contribution < 1.29 is 9.57 Å². The summed E-state index contributed by atoms with van der Waals surface area (Å²) in [5.74, 6) is 0. The van der Waals surface area contributed by atoms with Gasteiger partial charge in [-0.05, 0) is 20.3 Å². The molecule has 0 N–H and O–H groups in total. The van der Waals surface area contributed by atoms with E-state index in [9.17, 15) is 0 Å². The zero-order valence-corrected chi connectivity index (χ0v) is 6.96. The van der Waals surface area contributed by atoms with E-state index < -0.39 is 0 Å². The van der Waals surface area contributed by atoms with E-state index >= 15 is 0 Å². The minimum atomic E-state index is -0.148. The lowest BCUT2D eigenvalue weighted by Gasteiger charge is -2.12. The maximum absolute atomic E-state index is 5.18. The SMILES string of the molecule is CC[N]OC(CC)OCC. The van der Waals surface area contributed by atoms with Gasteiger partial charge >= 0.3 is 0 Å². The second-order valence-electron chi connectivity index (χ2n) is 1.84. The van der Waals surface area contributed by atoms with E-state index in [1.165, 1.54) is 0 Å². The summed E-state index contributed by atoms with van der Waals surface area (Å²) in [6.07, 6.45) is 0.696. The first-order chi connectivity index (χ1) is 4.85. The molecule has 0 saturated heterocycles. The third kappa shape index (κ3) is 4.73. The molecule has 0 amide bonds. The van der Waals surface area contributed by atoms with Crippen molar-refractivity contribution in [1.29, 1.82) is 0 Å². The van der Waals surface area contributed by atoms with Gasteiger partial charge in [-0.25, -0.2) is 0 Å². The maximum Gasteiger partial charge on any atom is 0.178 e. The standard InChI is InChI=1S/C7H16NO2/c1-4-7(9-6-3)10-8-5-2/h7H,4-6H2,1-3H3. The first-order valence-electron chi connectivity index (χ1n) is 3.79. The minimum absolute atomic E-state index is 0.148. The molecular formula is C7H16NO2. The fourth-order valence-corrected chi connectivity index (χ4v) is 0.566. The second-order valence-corrected chi connectivity index (χ2v) is 1.84. The second kappa shape index (κ2) is 6.99. The van der Waals surface area contributed by atoms with Gasteiger partial charge in [-0.2, -0.15) is 0 Å². The molecule has 0 aromatic rings. The topological polar surface area (TPSA) is 32.6 Å². The van der Waals surface area contributed by atoms with Crippen LogP contribution < -0.4 is 5.48 Å². The zero-order chi connectivity index (χ0) is 7.82. The van der Waals surface area contributed by atoms with Gasteiger partial charge in [0.2, 0.25) is 0 Å². The van der Waals surface area contributed by atoms with E-state index in [2.05, 4.69) is 5.48 Å². The summed E-state index contributed by atoms with van der Waals surface area (Å²) in [4.78, 5) is 4.98. The van der Waals surface area contributed by atoms with Crippen LogP contribution in [0.1, 0.15) is 27.2 Å². The van der Waals surface area contributed by atoms with Crippen LogP contribution in [0.2, 0.25) is 0 Å². The van der Waals surface area contributed by atoms with Gasteiger partial charge in [0, 0.05) is 13.2 Å². The molecule has 0 saturated carbocycles. The number of rotatable bonds is 6. The Balaban J connectivity index is 3.21. The average Bonchev–Trinajstić information content (AvgIpc) is 1.98. The van der Waals surface area contributed by atoms with E-state index in [0.717, 1.165) is 6.42 Å². The molecule has 61 valence electrons. The number of hydrogen-bond donors (Lipinski definition) is 0. The van der Waals surface area contributed by atoms with Gasteiger partial charge < -0.3 is 4.74 Å². The first kappa shape index (κ1) is 9.88. The Bertz CT molecular complexity index is 68.6. The van der Waals surface area contributed by atoms with Crippen molar-refractivity contribution in [2.75, 3.05) is 13.2 Å². The van der Waals surface area contributed by atoms with Crippen LogP contribution in [0.3, 0.4) is 0 Å². The van der Waals surface area contributed by atoms with Crippen LogP contribution >= 0.6 is 0 Å². The molecule has 3 heteroatoms. The maximum atomic E-state index is 5.18. The number of nitrogens with zero attached hydrogens (tertiary/aromatic N) is 1. The van der Waals surface area contributed by atoms with Crippen molar-refractivity contribution in [3.8, 4) is 0 Å². The molecule has 10 heavy (non-hydrogen) atoms. The Morgan fingerprint density at radius 3 is 2.40 bits per heavy atom. The first-order valence-corrected chi connectivity index (χ1v) is 3.79. The molecule has 1 atom stereocenters. The predicted octanol–water partition coefficient (Wildman–Crippen LogP) is 1.31. The third-order valence-corrected chi connectivity index (χ3v) is 1.01. The van der Waals surface area contributed by atoms with Gasteiger partial charge in [0.1, 0.15) is 0 Å². The molecule has 0 aliphatic carbocycles. The molecule has 3 nitrogen and oxygen atoms in total. The van der Waals surface area contributed by atoms with Gasteiger partial charge in [0.15, 0.2) is 6.29 Å². The molecule has 0 aromatic heterocycles. The van der Waals surface area contributed by atoms with E-state index in [1.54, 1.807) is 0 Å². The Morgan fingerprint density at radius 1 is 1.30 bits per heavy atom. The fraction of sp³-hybridized carbons (Fsp3) is 1.00. The van der Waals surface area contributed by atoms with E-state index in [1.807, 2.05) is 20.8 Å². The monoisotopic (exact) mass is 146 g/mol. The largest absolute Gasteiger partial charge is 0.351 e. The minimum Gasteiger partial charge on any atom is -0.351 e. The van der Waals surface area contributed by atoms with Crippen LogP contribution in [0.15, 0.2) is 0 Å². The number of hydrogen-bond acceptors (Lipinski definition) is 2. The molecule has 0 aliphatic heterocycles. The summed E-state index contributed by atoms with van der Waals surface area (Å²) in [6.45, 7) is 7.24. The van der Waals surface area contributed by atoms with Gasteiger partial charge in [-0.1, -0.05) is 12.4 Å². The smallest absolute Gasteiger partial charge is 0.178 e. The summed E-state index contributed by atoms with van der Waals surface area (Å²) in [5.41, 5.74) is 3.74. The van der Waals surface area contributed by atoms with Crippen molar-refractivity contribution in [1.82, 2.24) is 5.48 Å². The average molecular weight is 146 g/mol. The Morgan fingerprint density at radius 2 is 2.00 bits per heavy atom. The Labute approximate surface area is 62.7 Å². The summed E-state index contributed by atoms with van der Waals surface area (Å²) in [6, 6.07) is 0. The molecule has 0 aliphatic rings. The molecule has 0 aromatic carbocycles. The molecular weight excluding hydrogens is 130 g/mol. The van der Waals surface area contributed by atoms with Crippen LogP contribution in [-0.4, -0.2) is 19.4 Å². The molecule has 0 rings (SSSR count). The van der Waals surface area contributed by atoms with E-state index in [-0.39, 0.29) is 6.29 Å². The highest BCUT2D eigenvalue weighted by atomic mass is 16.8. The summed E-state index contributed by atoms with van der Waals surface area (Å²) in [5, 5.41) is 0. The van der Waals surface area contributed by atoms with Crippen LogP contribution in [0.25, 0.3) is 0 Å². The highest BCUT2D eigenvalue weighted by Crippen LogP contribution is 1.97. The molecule has 1 radical (unpaired) electrons. The summed E-state index contributed by atoms with van der Waals surface area (Å²) < 4.78 is 5.18. The van der Waals surface area contributed by atoms with Crippen LogP contribution in [-0.2, 0) is 9.57 Å². The molecule has 0 spiro atoms. The van der Waals surface area contributed by atoms with Crippen molar-refractivity contribution in [3.05, 3.63) is 0 Å². The molecule has 0 bridgehead atoms. The number of ether oxygens (including phenoxy) is 1. The predicted molar refractivity (Wildman–Crippen MR) is 39.5 cm³/mol. The van der Waals surface area contributed by atoms with Gasteiger partial charge in [0.05, 0.1) is 0 Å². The van der Waals surface area contributed by atoms with Gasteiger partial charge in [-0.15, -0.1) is 0 Å². The fourth-order valence-electron chi connectivity index (χ4n) is 0.566. The Hall–Kier alpha value is -0.120. The van der Waals surface area contributed by atoms with Crippen LogP contribution in [0.4, 0.5) is 0 Å². The van der Waals surface area contributed by atoms with Crippen molar-refractivity contribution in [2.24, 2.45) is 0 Å². The molecule has 0 heterocycles. The van der Waals surface area contributed by atoms with Crippen LogP contribution in [0.5, 0.6) is 0 Å². The highest BCUT2D eigenvalue weighted by molar-refractivity contribution is 4.35. The number of hydroxylamine groups is 1. The van der Waals surface area contributed by atoms with Crippen molar-refractivity contribution in [3.63, 3.8) is 0 Å². The molecule has 0 fully saturated rings. The highest BCUT2D eigenvalue weighted by Gasteiger charge is 2.04. The van der Waals surface area contributed by atoms with Crippen molar-refractivity contribution >= 4 is 0 Å². The van der Waals surface area contributed by atoms with Crippen LogP contribution in [0, 0.1) is 0 Å². The van der Waals surface area contributed by atoms with Gasteiger partial charge in [0.25, 0.3) is 0 Å². The third-order valence-electron chi connectivity index (χ3n) is 1.01. The quantitative estimate of drug-likeness (QED) is 0.418. The van der Waals surface area contributed by atoms with E-state index in [4.69, 9.17) is 9.57 Å². The summed E-state index contributed by atoms with van der Waals surface area (Å²) >= 11 is 0. The van der Waals surface area contributed by atoms with E-state index in [0.29, 0.717) is 13.2 Å². The molecule has 1 unspecified atom stereocenters. The van der Waals surface area contributed by atoms with Crippen molar-refractivity contribution in [2.45, 2.75) is 33.5 Å². The normalized spacial score (nSPS) is 13.5. The summed E-state index contributed by atoms with van der Waals surface area (Å²) in [7, 11) is 0. The lowest BCUT2D eigenvalue weighted by Crippen LogP contribution is -2.21. The lowest BCUT2D eigenvalue weighted by molar-refractivity contribution is -0.180.